The summed E-state index contributed by atoms with van der Waals surface area (Å²) >= 11 is 3.04. The molecule has 0 aliphatic rings. The Bertz CT molecular complexity index is 299. The highest BCUT2D eigenvalue weighted by atomic mass is 79.9. The molecule has 1 aromatic rings. The zero-order valence-electron chi connectivity index (χ0n) is 7.68. The maximum absolute atomic E-state index is 10.6. The first-order valence-corrected chi connectivity index (χ1v) is 5.11. The van der Waals surface area contributed by atoms with Crippen molar-refractivity contribution in [2.75, 3.05) is 0 Å². The van der Waals surface area contributed by atoms with Crippen LogP contribution in [0.25, 0.3) is 0 Å². The van der Waals surface area contributed by atoms with E-state index in [4.69, 9.17) is 9.84 Å². The summed E-state index contributed by atoms with van der Waals surface area (Å²) in [5.41, 5.74) is 0. The molecule has 0 heterocycles. The zero-order valence-corrected chi connectivity index (χ0v) is 9.27. The van der Waals surface area contributed by atoms with Crippen molar-refractivity contribution in [1.82, 2.24) is 0 Å². The van der Waals surface area contributed by atoms with Crippen molar-refractivity contribution in [1.29, 1.82) is 0 Å². The van der Waals surface area contributed by atoms with Gasteiger partial charge in [0.25, 0.3) is 0 Å². The number of alkyl halides is 1. The predicted octanol–water partition coefficient (Wildman–Crippen LogP) is 2.30. The van der Waals surface area contributed by atoms with Crippen molar-refractivity contribution in [3.63, 3.8) is 0 Å². The zero-order chi connectivity index (χ0) is 10.6. The fraction of sp³-hybridized carbons (Fsp3) is 0.300. The molecule has 1 N–H and O–H groups in total. The molecule has 0 saturated heterocycles. The Balaban J connectivity index is 2.57. The third-order valence-electron chi connectivity index (χ3n) is 1.71. The van der Waals surface area contributed by atoms with Gasteiger partial charge >= 0.3 is 5.97 Å². The van der Waals surface area contributed by atoms with Gasteiger partial charge in [0.05, 0.1) is 0 Å². The molecule has 2 unspecified atom stereocenters. The van der Waals surface area contributed by atoms with Gasteiger partial charge in [-0.3, -0.25) is 4.79 Å². The van der Waals surface area contributed by atoms with E-state index in [1.54, 1.807) is 19.1 Å². The average Bonchev–Trinajstić information content (AvgIpc) is 2.18. The molecule has 0 spiro atoms. The van der Waals surface area contributed by atoms with Gasteiger partial charge in [-0.15, -0.1) is 0 Å². The van der Waals surface area contributed by atoms with E-state index in [9.17, 15) is 4.79 Å². The van der Waals surface area contributed by atoms with E-state index in [1.165, 1.54) is 0 Å². The average molecular weight is 259 g/mol. The van der Waals surface area contributed by atoms with E-state index in [-0.39, 0.29) is 0 Å². The summed E-state index contributed by atoms with van der Waals surface area (Å²) < 4.78 is 5.41. The van der Waals surface area contributed by atoms with Crippen LogP contribution in [0.15, 0.2) is 30.3 Å². The lowest BCUT2D eigenvalue weighted by atomic mass is 10.3. The third kappa shape index (κ3) is 3.03. The molecular weight excluding hydrogens is 248 g/mol. The number of hydrogen-bond acceptors (Lipinski definition) is 2. The quantitative estimate of drug-likeness (QED) is 0.844. The van der Waals surface area contributed by atoms with Crippen LogP contribution in [0.3, 0.4) is 0 Å². The van der Waals surface area contributed by atoms with Crippen LogP contribution in [0, 0.1) is 0 Å². The molecule has 1 aromatic carbocycles. The number of carboxylic acid groups (broad SMARTS) is 1. The smallest absolute Gasteiger partial charge is 0.321 e. The first-order valence-electron chi connectivity index (χ1n) is 4.20. The van der Waals surface area contributed by atoms with E-state index in [1.807, 2.05) is 18.2 Å². The summed E-state index contributed by atoms with van der Waals surface area (Å²) in [4.78, 5) is 9.91. The second kappa shape index (κ2) is 5.00. The summed E-state index contributed by atoms with van der Waals surface area (Å²) in [7, 11) is 0. The Morgan fingerprint density at radius 3 is 2.50 bits per heavy atom. The van der Waals surface area contributed by atoms with Crippen LogP contribution >= 0.6 is 15.9 Å². The maximum atomic E-state index is 10.6. The highest BCUT2D eigenvalue weighted by Crippen LogP contribution is 2.15. The highest BCUT2D eigenvalue weighted by molar-refractivity contribution is 9.10. The molecule has 0 amide bonds. The van der Waals surface area contributed by atoms with Crippen LogP contribution in [-0.4, -0.2) is 22.0 Å². The number of aliphatic carboxylic acids is 1. The minimum absolute atomic E-state index is 0.408. The fourth-order valence-electron chi connectivity index (χ4n) is 0.974. The van der Waals surface area contributed by atoms with E-state index in [0.717, 1.165) is 0 Å². The van der Waals surface area contributed by atoms with Gasteiger partial charge < -0.3 is 9.84 Å². The summed E-state index contributed by atoms with van der Waals surface area (Å²) in [5.74, 6) is -0.251. The molecule has 2 atom stereocenters. The molecule has 0 bridgehead atoms. The fourth-order valence-corrected chi connectivity index (χ4v) is 1.08. The molecule has 14 heavy (non-hydrogen) atoms. The van der Waals surface area contributed by atoms with Crippen molar-refractivity contribution in [2.45, 2.75) is 17.9 Å². The van der Waals surface area contributed by atoms with Gasteiger partial charge in [0.15, 0.2) is 0 Å². The van der Waals surface area contributed by atoms with Crippen molar-refractivity contribution in [3.05, 3.63) is 30.3 Å². The largest absolute Gasteiger partial charge is 0.489 e. The molecule has 0 saturated carbocycles. The Kier molecular flexibility index (Phi) is 3.95. The van der Waals surface area contributed by atoms with E-state index < -0.39 is 16.9 Å². The standard InChI is InChI=1S/C10H11BrO3/c1-7(9(11)10(12)13)14-8-5-3-2-4-6-8/h2-7,9H,1H3,(H,12,13). The number of halogens is 1. The van der Waals surface area contributed by atoms with Crippen LogP contribution in [0.4, 0.5) is 0 Å². The first-order chi connectivity index (χ1) is 6.61. The molecule has 4 heteroatoms. The highest BCUT2D eigenvalue weighted by Gasteiger charge is 2.22. The molecule has 0 aliphatic carbocycles. The van der Waals surface area contributed by atoms with E-state index in [2.05, 4.69) is 15.9 Å². The van der Waals surface area contributed by atoms with E-state index in [0.29, 0.717) is 5.75 Å². The monoisotopic (exact) mass is 258 g/mol. The van der Waals surface area contributed by atoms with Crippen LogP contribution in [0.2, 0.25) is 0 Å². The first kappa shape index (κ1) is 11.0. The minimum atomic E-state index is -0.923. The predicted molar refractivity (Wildman–Crippen MR) is 56.9 cm³/mol. The van der Waals surface area contributed by atoms with Crippen LogP contribution in [0.5, 0.6) is 5.75 Å². The van der Waals surface area contributed by atoms with Crippen molar-refractivity contribution < 1.29 is 14.6 Å². The topological polar surface area (TPSA) is 46.5 Å². The number of para-hydroxylation sites is 1. The summed E-state index contributed by atoms with van der Waals surface area (Å²) in [5, 5.41) is 8.70. The Morgan fingerprint density at radius 2 is 2.00 bits per heavy atom. The van der Waals surface area contributed by atoms with Crippen molar-refractivity contribution in [2.24, 2.45) is 0 Å². The van der Waals surface area contributed by atoms with Gasteiger partial charge in [-0.25, -0.2) is 0 Å². The van der Waals surface area contributed by atoms with Gasteiger partial charge in [0.1, 0.15) is 16.7 Å². The van der Waals surface area contributed by atoms with Gasteiger partial charge in [-0.2, -0.15) is 0 Å². The minimum Gasteiger partial charge on any atom is -0.489 e. The molecule has 0 fully saturated rings. The van der Waals surface area contributed by atoms with Crippen molar-refractivity contribution >= 4 is 21.9 Å². The normalized spacial score (nSPS) is 14.4. The molecule has 0 radical (unpaired) electrons. The second-order valence-corrected chi connectivity index (χ2v) is 3.86. The van der Waals surface area contributed by atoms with Crippen LogP contribution < -0.4 is 4.74 Å². The molecule has 1 rings (SSSR count). The number of carboxylic acids is 1. The Labute approximate surface area is 90.8 Å². The Morgan fingerprint density at radius 1 is 1.43 bits per heavy atom. The van der Waals surface area contributed by atoms with E-state index >= 15 is 0 Å². The van der Waals surface area contributed by atoms with Gasteiger partial charge in [-0.1, -0.05) is 34.1 Å². The van der Waals surface area contributed by atoms with Gasteiger partial charge in [0.2, 0.25) is 0 Å². The molecule has 0 aromatic heterocycles. The lowest BCUT2D eigenvalue weighted by Gasteiger charge is -2.16. The lowest BCUT2D eigenvalue weighted by Crippen LogP contribution is -2.30. The maximum Gasteiger partial charge on any atom is 0.321 e. The third-order valence-corrected chi connectivity index (χ3v) is 2.85. The van der Waals surface area contributed by atoms with Crippen molar-refractivity contribution in [3.8, 4) is 5.75 Å². The molecule has 0 aliphatic heterocycles. The van der Waals surface area contributed by atoms with Gasteiger partial charge in [0, 0.05) is 0 Å². The number of carbonyl (C=O) groups is 1. The molecular formula is C10H11BrO3. The SMILES string of the molecule is CC(Oc1ccccc1)C(Br)C(=O)O. The summed E-state index contributed by atoms with van der Waals surface area (Å²) in [6.45, 7) is 1.71. The number of benzene rings is 1. The lowest BCUT2D eigenvalue weighted by molar-refractivity contribution is -0.137. The second-order valence-electron chi connectivity index (χ2n) is 2.88. The molecule has 3 nitrogen and oxygen atoms in total. The summed E-state index contributed by atoms with van der Waals surface area (Å²) in [6.07, 6.45) is -0.408. The number of rotatable bonds is 4. The number of hydrogen-bond donors (Lipinski definition) is 1. The Hall–Kier alpha value is -1.03. The number of ether oxygens (including phenoxy) is 1. The molecule has 76 valence electrons. The summed E-state index contributed by atoms with van der Waals surface area (Å²) in [6, 6.07) is 9.13. The van der Waals surface area contributed by atoms with Crippen LogP contribution in [-0.2, 0) is 4.79 Å². The van der Waals surface area contributed by atoms with Gasteiger partial charge in [-0.05, 0) is 19.1 Å². The van der Waals surface area contributed by atoms with Crippen LogP contribution in [0.1, 0.15) is 6.92 Å².